The minimum Gasteiger partial charge on any atom is -0.465 e. The smallest absolute Gasteiger partial charge is 0.337 e. The third kappa shape index (κ3) is 3.50. The predicted octanol–water partition coefficient (Wildman–Crippen LogP) is 2.42. The van der Waals surface area contributed by atoms with Gasteiger partial charge in [0.05, 0.1) is 30.4 Å². The first-order chi connectivity index (χ1) is 15.4. The molecule has 0 aliphatic carbocycles. The second-order valence-electron chi connectivity index (χ2n) is 8.72. The van der Waals surface area contributed by atoms with Gasteiger partial charge in [-0.15, -0.1) is 0 Å². The summed E-state index contributed by atoms with van der Waals surface area (Å²) >= 11 is 0. The van der Waals surface area contributed by atoms with Crippen LogP contribution in [0.1, 0.15) is 50.3 Å². The highest BCUT2D eigenvalue weighted by Crippen LogP contribution is 2.43. The van der Waals surface area contributed by atoms with E-state index < -0.39 is 11.6 Å². The van der Waals surface area contributed by atoms with Crippen molar-refractivity contribution in [2.24, 2.45) is 0 Å². The van der Waals surface area contributed by atoms with Crippen LogP contribution < -0.4 is 10.6 Å². The minimum absolute atomic E-state index is 0.0676. The maximum Gasteiger partial charge on any atom is 0.337 e. The number of piperidine rings is 1. The molecule has 0 saturated carbocycles. The molecule has 0 bridgehead atoms. The lowest BCUT2D eigenvalue weighted by molar-refractivity contribution is -0.0393. The van der Waals surface area contributed by atoms with Crippen LogP contribution in [0.4, 0.5) is 5.69 Å². The first kappa shape index (κ1) is 20.5. The molecule has 2 amide bonds. The van der Waals surface area contributed by atoms with E-state index in [1.165, 1.54) is 7.11 Å². The Morgan fingerprint density at radius 2 is 1.69 bits per heavy atom. The molecule has 2 N–H and O–H groups in total. The Labute approximate surface area is 185 Å². The van der Waals surface area contributed by atoms with Gasteiger partial charge in [0.2, 0.25) is 0 Å². The van der Waals surface area contributed by atoms with Crippen molar-refractivity contribution in [3.8, 4) is 0 Å². The van der Waals surface area contributed by atoms with Crippen LogP contribution in [-0.2, 0) is 9.47 Å². The first-order valence-electron chi connectivity index (χ1n) is 10.7. The minimum atomic E-state index is -0.624. The molecule has 2 saturated heterocycles. The number of benzene rings is 2. The molecule has 3 heterocycles. The quantitative estimate of drug-likeness (QED) is 0.704. The zero-order valence-electron chi connectivity index (χ0n) is 17.8. The Kier molecular flexibility index (Phi) is 4.89. The Balaban J connectivity index is 1.24. The molecule has 2 fully saturated rings. The van der Waals surface area contributed by atoms with Gasteiger partial charge >= 0.3 is 5.97 Å². The van der Waals surface area contributed by atoms with E-state index in [1.807, 2.05) is 23.1 Å². The zero-order valence-corrected chi connectivity index (χ0v) is 17.8. The number of hydrogen-bond donors (Lipinski definition) is 2. The zero-order chi connectivity index (χ0) is 22.3. The van der Waals surface area contributed by atoms with Crippen LogP contribution in [0.2, 0.25) is 0 Å². The van der Waals surface area contributed by atoms with Crippen molar-refractivity contribution in [2.45, 2.75) is 30.5 Å². The monoisotopic (exact) mass is 435 g/mol. The fraction of sp³-hybridized carbons (Fsp3) is 0.375. The lowest BCUT2D eigenvalue weighted by Crippen LogP contribution is -2.59. The van der Waals surface area contributed by atoms with Gasteiger partial charge in [-0.1, -0.05) is 12.1 Å². The third-order valence-corrected chi connectivity index (χ3v) is 6.66. The second kappa shape index (κ2) is 7.63. The largest absolute Gasteiger partial charge is 0.465 e. The molecule has 3 aliphatic heterocycles. The number of anilines is 1. The Hall–Kier alpha value is -3.39. The van der Waals surface area contributed by atoms with E-state index in [0.717, 1.165) is 5.69 Å². The summed E-state index contributed by atoms with van der Waals surface area (Å²) in [5.41, 5.74) is 1.40. The van der Waals surface area contributed by atoms with Crippen LogP contribution in [-0.4, -0.2) is 60.8 Å². The van der Waals surface area contributed by atoms with Crippen LogP contribution in [0.15, 0.2) is 48.5 Å². The molecule has 2 aromatic carbocycles. The summed E-state index contributed by atoms with van der Waals surface area (Å²) in [6, 6.07) is 14.0. The molecule has 0 unspecified atom stereocenters. The maximum atomic E-state index is 12.9. The fourth-order valence-corrected chi connectivity index (χ4v) is 4.94. The van der Waals surface area contributed by atoms with Gasteiger partial charge in [0.1, 0.15) is 5.66 Å². The van der Waals surface area contributed by atoms with Gasteiger partial charge in [-0.3, -0.25) is 9.59 Å². The number of carbonyl (C=O) groups excluding carboxylic acids is 3. The maximum absolute atomic E-state index is 12.9. The molecule has 5 rings (SSSR count). The summed E-state index contributed by atoms with van der Waals surface area (Å²) < 4.78 is 11.0. The molecular formula is C24H25N3O5. The molecule has 2 spiro atoms. The third-order valence-electron chi connectivity index (χ3n) is 6.66. The highest BCUT2D eigenvalue weighted by molar-refractivity contribution is 6.02. The van der Waals surface area contributed by atoms with Gasteiger partial charge < -0.3 is 25.0 Å². The molecule has 8 nitrogen and oxygen atoms in total. The number of likely N-dealkylation sites (tertiary alicyclic amines) is 1. The molecular weight excluding hydrogens is 410 g/mol. The number of rotatable bonds is 2. The van der Waals surface area contributed by atoms with Crippen LogP contribution in [0.25, 0.3) is 0 Å². The van der Waals surface area contributed by atoms with Crippen molar-refractivity contribution < 1.29 is 23.9 Å². The van der Waals surface area contributed by atoms with Crippen molar-refractivity contribution in [1.29, 1.82) is 0 Å². The van der Waals surface area contributed by atoms with Crippen molar-refractivity contribution >= 4 is 23.5 Å². The average molecular weight is 435 g/mol. The molecule has 1 atom stereocenters. The molecule has 0 aromatic heterocycles. The summed E-state index contributed by atoms with van der Waals surface area (Å²) in [5.74, 6) is -0.590. The van der Waals surface area contributed by atoms with Crippen LogP contribution in [0.5, 0.6) is 0 Å². The Bertz CT molecular complexity index is 1080. The fourth-order valence-electron chi connectivity index (χ4n) is 4.94. The van der Waals surface area contributed by atoms with Crippen LogP contribution in [0, 0.1) is 0 Å². The van der Waals surface area contributed by atoms with E-state index in [9.17, 15) is 14.4 Å². The van der Waals surface area contributed by atoms with E-state index >= 15 is 0 Å². The number of carbonyl (C=O) groups is 3. The van der Waals surface area contributed by atoms with E-state index in [4.69, 9.17) is 9.47 Å². The predicted molar refractivity (Wildman–Crippen MR) is 116 cm³/mol. The van der Waals surface area contributed by atoms with Gasteiger partial charge in [-0.25, -0.2) is 4.79 Å². The highest BCUT2D eigenvalue weighted by atomic mass is 16.5. The number of methoxy groups -OCH3 is 1. The van der Waals surface area contributed by atoms with Gasteiger partial charge in [0.15, 0.2) is 0 Å². The van der Waals surface area contributed by atoms with Gasteiger partial charge in [0.25, 0.3) is 11.8 Å². The van der Waals surface area contributed by atoms with Crippen LogP contribution in [0.3, 0.4) is 0 Å². The summed E-state index contributed by atoms with van der Waals surface area (Å²) in [5, 5.41) is 6.58. The van der Waals surface area contributed by atoms with Gasteiger partial charge in [-0.2, -0.15) is 0 Å². The second-order valence-corrected chi connectivity index (χ2v) is 8.72. The van der Waals surface area contributed by atoms with Crippen molar-refractivity contribution in [2.75, 3.05) is 32.1 Å². The lowest BCUT2D eigenvalue weighted by atomic mass is 9.84. The summed E-state index contributed by atoms with van der Waals surface area (Å²) in [6.07, 6.45) is 2.04. The molecule has 0 radical (unpaired) electrons. The van der Waals surface area contributed by atoms with E-state index in [0.29, 0.717) is 55.6 Å². The van der Waals surface area contributed by atoms with Crippen LogP contribution >= 0.6 is 0 Å². The van der Waals surface area contributed by atoms with Crippen molar-refractivity contribution in [1.82, 2.24) is 10.2 Å². The number of nitrogens with zero attached hydrogens (tertiary/aromatic N) is 1. The number of ether oxygens (including phenoxy) is 2. The highest BCUT2D eigenvalue weighted by Gasteiger charge is 2.53. The topological polar surface area (TPSA) is 97.0 Å². The molecule has 3 aliphatic rings. The molecule has 32 heavy (non-hydrogen) atoms. The standard InChI is InChI=1S/C24H25N3O5/c1-31-22(30)17-8-6-16(7-9-17)21(29)27-12-10-23(11-13-27)14-24(15-32-23)25-19-5-3-2-4-18(19)20(28)26-24/h2-9,25H,10-15H2,1H3,(H,26,28)/t24-/m1/s1. The number of nitrogens with one attached hydrogen (secondary N) is 2. The van der Waals surface area contributed by atoms with Crippen molar-refractivity contribution in [3.63, 3.8) is 0 Å². The lowest BCUT2D eigenvalue weighted by Gasteiger charge is -2.41. The average Bonchev–Trinajstić information content (AvgIpc) is 3.15. The Morgan fingerprint density at radius 1 is 1.00 bits per heavy atom. The number of para-hydroxylation sites is 1. The molecule has 8 heteroatoms. The SMILES string of the molecule is COC(=O)c1ccc(C(=O)N2CCC3(CC2)C[C@]2(CO3)NC(=O)c3ccccc3N2)cc1. The van der Waals surface area contributed by atoms with Gasteiger partial charge in [0, 0.05) is 30.8 Å². The van der Waals surface area contributed by atoms with Gasteiger partial charge in [-0.05, 0) is 49.2 Å². The number of amides is 2. The summed E-state index contributed by atoms with van der Waals surface area (Å²) in [4.78, 5) is 38.9. The molecule has 2 aromatic rings. The van der Waals surface area contributed by atoms with E-state index in [1.54, 1.807) is 30.3 Å². The normalized spacial score (nSPS) is 23.4. The number of esters is 1. The van der Waals surface area contributed by atoms with Crippen molar-refractivity contribution in [3.05, 3.63) is 65.2 Å². The number of fused-ring (bicyclic) bond motifs is 1. The van der Waals surface area contributed by atoms with E-state index in [-0.39, 0.29) is 17.4 Å². The summed E-state index contributed by atoms with van der Waals surface area (Å²) in [6.45, 7) is 1.52. The summed E-state index contributed by atoms with van der Waals surface area (Å²) in [7, 11) is 1.33. The number of hydrogen-bond acceptors (Lipinski definition) is 6. The Morgan fingerprint density at radius 3 is 2.41 bits per heavy atom. The molecule has 166 valence electrons. The first-order valence-corrected chi connectivity index (χ1v) is 10.7. The van der Waals surface area contributed by atoms with E-state index in [2.05, 4.69) is 10.6 Å².